The Hall–Kier alpha value is -2.65. The second kappa shape index (κ2) is 12.5. The average molecular weight is 552 g/mol. The van der Waals surface area contributed by atoms with Gasteiger partial charge in [0.05, 0.1) is 23.3 Å². The number of carbonyl (C=O) groups excluding carboxylic acids is 2. The molecule has 3 N–H and O–H groups in total. The van der Waals surface area contributed by atoms with Gasteiger partial charge in [0, 0.05) is 75.4 Å². The first-order valence-electron chi connectivity index (χ1n) is 15.6. The Morgan fingerprint density at radius 1 is 1.15 bits per heavy atom. The van der Waals surface area contributed by atoms with Gasteiger partial charge in [0.15, 0.2) is 0 Å². The number of piperidine rings is 1. The zero-order chi connectivity index (χ0) is 28.4. The molecule has 0 radical (unpaired) electrons. The standard InChI is InChI=1S/C31H49N7O2/c1-6-24-25(30(39)33-18-26-20(3)16-21(4)35-31(26)40)17-28-27(19-34-36(28)5)29(24)38(7-2)23-10-8-22(9-11-23)37-14-12-32-13-15-37/h17,19-23,26,32H,6-16,18H2,1-5H3,(H,33,39)(H,35,40). The van der Waals surface area contributed by atoms with Crippen LogP contribution in [0.1, 0.15) is 75.7 Å². The summed E-state index contributed by atoms with van der Waals surface area (Å²) < 4.78 is 1.88. The van der Waals surface area contributed by atoms with E-state index in [2.05, 4.69) is 51.6 Å². The normalized spacial score (nSPS) is 27.9. The summed E-state index contributed by atoms with van der Waals surface area (Å²) in [4.78, 5) is 31.7. The van der Waals surface area contributed by atoms with Crippen LogP contribution < -0.4 is 20.9 Å². The molecule has 9 nitrogen and oxygen atoms in total. The van der Waals surface area contributed by atoms with Crippen LogP contribution in [0.3, 0.4) is 0 Å². The molecule has 2 amide bonds. The van der Waals surface area contributed by atoms with Crippen molar-refractivity contribution in [3.8, 4) is 0 Å². The van der Waals surface area contributed by atoms with Crippen molar-refractivity contribution in [1.29, 1.82) is 0 Å². The van der Waals surface area contributed by atoms with Gasteiger partial charge in [-0.2, -0.15) is 5.10 Å². The molecule has 220 valence electrons. The smallest absolute Gasteiger partial charge is 0.251 e. The van der Waals surface area contributed by atoms with E-state index in [1.54, 1.807) is 0 Å². The summed E-state index contributed by atoms with van der Waals surface area (Å²) in [6.07, 6.45) is 8.43. The van der Waals surface area contributed by atoms with Gasteiger partial charge in [0.2, 0.25) is 5.91 Å². The van der Waals surface area contributed by atoms with E-state index in [0.717, 1.165) is 74.9 Å². The summed E-state index contributed by atoms with van der Waals surface area (Å²) in [6, 6.07) is 3.31. The first kappa shape index (κ1) is 28.9. The Labute approximate surface area is 239 Å². The first-order chi connectivity index (χ1) is 19.3. The van der Waals surface area contributed by atoms with E-state index in [-0.39, 0.29) is 29.7 Å². The number of piperazine rings is 1. The third kappa shape index (κ3) is 5.73. The fourth-order valence-corrected chi connectivity index (χ4v) is 7.57. The summed E-state index contributed by atoms with van der Waals surface area (Å²) in [7, 11) is 1.95. The molecule has 1 aromatic heterocycles. The number of rotatable bonds is 8. The number of nitrogens with zero attached hydrogens (tertiary/aromatic N) is 4. The van der Waals surface area contributed by atoms with E-state index in [1.807, 2.05) is 30.9 Å². The van der Waals surface area contributed by atoms with Crippen LogP contribution in [0, 0.1) is 11.8 Å². The van der Waals surface area contributed by atoms with Crippen LogP contribution >= 0.6 is 0 Å². The maximum Gasteiger partial charge on any atom is 0.251 e. The van der Waals surface area contributed by atoms with Crippen molar-refractivity contribution in [2.75, 3.05) is 44.2 Å². The van der Waals surface area contributed by atoms with Gasteiger partial charge in [-0.3, -0.25) is 19.2 Å². The molecule has 1 saturated carbocycles. The quantitative estimate of drug-likeness (QED) is 0.467. The number of hydrogen-bond acceptors (Lipinski definition) is 6. The van der Waals surface area contributed by atoms with Gasteiger partial charge in [0.25, 0.3) is 5.91 Å². The van der Waals surface area contributed by atoms with Crippen LogP contribution in [0.5, 0.6) is 0 Å². The lowest BCUT2D eigenvalue weighted by Crippen LogP contribution is -2.51. The van der Waals surface area contributed by atoms with Gasteiger partial charge in [0.1, 0.15) is 0 Å². The molecule has 2 saturated heterocycles. The van der Waals surface area contributed by atoms with Crippen molar-refractivity contribution in [3.63, 3.8) is 0 Å². The summed E-state index contributed by atoms with van der Waals surface area (Å²) in [5.74, 6) is -0.0308. The van der Waals surface area contributed by atoms with Crippen LogP contribution in [-0.2, 0) is 18.3 Å². The number of anilines is 1. The molecule has 9 heteroatoms. The molecular weight excluding hydrogens is 502 g/mol. The Kier molecular flexibility index (Phi) is 9.00. The van der Waals surface area contributed by atoms with Crippen molar-refractivity contribution < 1.29 is 9.59 Å². The summed E-state index contributed by atoms with van der Waals surface area (Å²) in [5, 5.41) is 15.4. The number of carbonyl (C=O) groups is 2. The van der Waals surface area contributed by atoms with Crippen LogP contribution in [0.2, 0.25) is 0 Å². The highest BCUT2D eigenvalue weighted by atomic mass is 16.2. The van der Waals surface area contributed by atoms with Crippen LogP contribution in [0.15, 0.2) is 12.3 Å². The first-order valence-corrected chi connectivity index (χ1v) is 15.6. The number of fused-ring (bicyclic) bond motifs is 1. The molecule has 0 bridgehead atoms. The van der Waals surface area contributed by atoms with E-state index >= 15 is 0 Å². The molecule has 40 heavy (non-hydrogen) atoms. The molecule has 2 aliphatic heterocycles. The molecule has 1 aromatic carbocycles. The molecule has 3 atom stereocenters. The number of hydrogen-bond donors (Lipinski definition) is 3. The third-order valence-electron chi connectivity index (χ3n) is 9.75. The third-order valence-corrected chi connectivity index (χ3v) is 9.75. The summed E-state index contributed by atoms with van der Waals surface area (Å²) in [5.41, 5.74) is 3.93. The molecule has 3 fully saturated rings. The monoisotopic (exact) mass is 551 g/mol. The van der Waals surface area contributed by atoms with Crippen LogP contribution in [0.25, 0.3) is 10.9 Å². The second-order valence-corrected chi connectivity index (χ2v) is 12.3. The van der Waals surface area contributed by atoms with Crippen molar-refractivity contribution in [3.05, 3.63) is 23.4 Å². The molecule has 3 aliphatic rings. The van der Waals surface area contributed by atoms with E-state index in [9.17, 15) is 9.59 Å². The predicted molar refractivity (Wildman–Crippen MR) is 161 cm³/mol. The van der Waals surface area contributed by atoms with Crippen molar-refractivity contribution in [1.82, 2.24) is 30.6 Å². The lowest BCUT2D eigenvalue weighted by atomic mass is 9.84. The maximum atomic E-state index is 13.8. The van der Waals surface area contributed by atoms with Gasteiger partial charge < -0.3 is 20.9 Å². The molecular formula is C31H49N7O2. The van der Waals surface area contributed by atoms with E-state index in [4.69, 9.17) is 0 Å². The summed E-state index contributed by atoms with van der Waals surface area (Å²) >= 11 is 0. The zero-order valence-corrected chi connectivity index (χ0v) is 25.1. The topological polar surface area (TPSA) is 94.5 Å². The van der Waals surface area contributed by atoms with E-state index < -0.39 is 0 Å². The number of nitrogens with one attached hydrogen (secondary N) is 3. The van der Waals surface area contributed by atoms with Crippen LogP contribution in [-0.4, -0.2) is 83.9 Å². The second-order valence-electron chi connectivity index (χ2n) is 12.3. The fraction of sp³-hybridized carbons (Fsp3) is 0.710. The van der Waals surface area contributed by atoms with Gasteiger partial charge >= 0.3 is 0 Å². The maximum absolute atomic E-state index is 13.8. The Morgan fingerprint density at radius 3 is 2.52 bits per heavy atom. The highest BCUT2D eigenvalue weighted by Crippen LogP contribution is 2.38. The minimum absolute atomic E-state index is 0.0404. The molecule has 3 heterocycles. The Bertz CT molecular complexity index is 1200. The van der Waals surface area contributed by atoms with Crippen molar-refractivity contribution in [2.24, 2.45) is 18.9 Å². The SMILES string of the molecule is CCc1c(C(=O)NCC2C(=O)NC(C)CC2C)cc2c(cnn2C)c1N(CC)C1CCC(N2CCNCC2)CC1. The number of amides is 2. The number of aryl methyl sites for hydroxylation is 1. The molecule has 5 rings (SSSR count). The Morgan fingerprint density at radius 2 is 1.88 bits per heavy atom. The van der Waals surface area contributed by atoms with Gasteiger partial charge in [-0.05, 0) is 69.9 Å². The zero-order valence-electron chi connectivity index (χ0n) is 25.1. The largest absolute Gasteiger partial charge is 0.368 e. The molecule has 0 spiro atoms. The lowest BCUT2D eigenvalue weighted by molar-refractivity contribution is -0.129. The fourth-order valence-electron chi connectivity index (χ4n) is 7.57. The molecule has 3 unspecified atom stereocenters. The van der Waals surface area contributed by atoms with Crippen LogP contribution in [0.4, 0.5) is 5.69 Å². The van der Waals surface area contributed by atoms with Crippen molar-refractivity contribution >= 4 is 28.4 Å². The van der Waals surface area contributed by atoms with Crippen molar-refractivity contribution in [2.45, 2.75) is 84.3 Å². The van der Waals surface area contributed by atoms with Gasteiger partial charge in [-0.1, -0.05) is 13.8 Å². The molecule has 1 aliphatic carbocycles. The highest BCUT2D eigenvalue weighted by molar-refractivity contribution is 6.05. The number of aromatic nitrogens is 2. The lowest BCUT2D eigenvalue weighted by Gasteiger charge is -2.43. The average Bonchev–Trinajstić information content (AvgIpc) is 3.33. The van der Waals surface area contributed by atoms with Gasteiger partial charge in [-0.15, -0.1) is 0 Å². The van der Waals surface area contributed by atoms with E-state index in [0.29, 0.717) is 24.2 Å². The molecule has 2 aromatic rings. The summed E-state index contributed by atoms with van der Waals surface area (Å²) in [6.45, 7) is 14.3. The van der Waals surface area contributed by atoms with Gasteiger partial charge in [-0.25, -0.2) is 0 Å². The van der Waals surface area contributed by atoms with E-state index in [1.165, 1.54) is 18.5 Å². The Balaban J connectivity index is 1.40. The minimum atomic E-state index is -0.205. The predicted octanol–water partition coefficient (Wildman–Crippen LogP) is 3.07. The number of benzene rings is 1. The highest BCUT2D eigenvalue weighted by Gasteiger charge is 2.34. The minimum Gasteiger partial charge on any atom is -0.368 e.